The third-order valence-electron chi connectivity index (χ3n) is 3.23. The lowest BCUT2D eigenvalue weighted by molar-refractivity contribution is -0.129. The molecule has 3 nitrogen and oxygen atoms in total. The molecule has 0 spiro atoms. The first-order valence-corrected chi connectivity index (χ1v) is 7.57. The number of carbonyl (C=O) groups is 1. The predicted octanol–water partition coefficient (Wildman–Crippen LogP) is 4.10. The van der Waals surface area contributed by atoms with Gasteiger partial charge in [-0.2, -0.15) is 0 Å². The monoisotopic (exact) mass is 288 g/mol. The Bertz CT molecular complexity index is 417. The Balaban J connectivity index is 2.02. The molecule has 0 N–H and O–H groups in total. The lowest BCUT2D eigenvalue weighted by atomic mass is 10.1. The third-order valence-corrected chi connectivity index (χ3v) is 3.23. The van der Waals surface area contributed by atoms with E-state index >= 15 is 0 Å². The molecule has 0 aliphatic carbocycles. The summed E-state index contributed by atoms with van der Waals surface area (Å²) in [5.74, 6) is 3.53. The molecular formula is C18H24O3. The van der Waals surface area contributed by atoms with Gasteiger partial charge < -0.3 is 9.47 Å². The number of carbonyl (C=O) groups excluding carboxylic acids is 1. The van der Waals surface area contributed by atoms with Crippen molar-refractivity contribution in [2.75, 3.05) is 6.61 Å². The first-order chi connectivity index (χ1) is 10.4. The van der Waals surface area contributed by atoms with Crippen molar-refractivity contribution in [2.45, 2.75) is 51.6 Å². The van der Waals surface area contributed by atoms with Gasteiger partial charge in [-0.15, -0.1) is 12.3 Å². The first kappa shape index (κ1) is 17.1. The molecule has 0 heterocycles. The van der Waals surface area contributed by atoms with E-state index in [9.17, 15) is 4.79 Å². The molecule has 0 aliphatic heterocycles. The molecule has 0 amide bonds. The van der Waals surface area contributed by atoms with Gasteiger partial charge in [-0.3, -0.25) is 4.79 Å². The molecule has 0 saturated heterocycles. The molecule has 21 heavy (non-hydrogen) atoms. The predicted molar refractivity (Wildman–Crippen MR) is 83.9 cm³/mol. The molecule has 0 saturated carbocycles. The lowest BCUT2D eigenvalue weighted by Crippen LogP contribution is -1.97. The van der Waals surface area contributed by atoms with Crippen LogP contribution in [0, 0.1) is 12.3 Å². The Morgan fingerprint density at radius 3 is 2.33 bits per heavy atom. The topological polar surface area (TPSA) is 35.5 Å². The van der Waals surface area contributed by atoms with Crippen molar-refractivity contribution in [3.8, 4) is 18.1 Å². The maximum absolute atomic E-state index is 10.1. The Morgan fingerprint density at radius 1 is 1.00 bits per heavy atom. The highest BCUT2D eigenvalue weighted by Crippen LogP contribution is 2.14. The number of rotatable bonds is 12. The summed E-state index contributed by atoms with van der Waals surface area (Å²) < 4.78 is 10.4. The van der Waals surface area contributed by atoms with Crippen molar-refractivity contribution in [2.24, 2.45) is 0 Å². The average molecular weight is 288 g/mol. The van der Waals surface area contributed by atoms with Crippen LogP contribution >= 0.6 is 0 Å². The second-order valence-corrected chi connectivity index (χ2v) is 4.98. The highest BCUT2D eigenvalue weighted by molar-refractivity contribution is 5.37. The zero-order chi connectivity index (χ0) is 15.2. The first-order valence-electron chi connectivity index (χ1n) is 7.57. The van der Waals surface area contributed by atoms with Gasteiger partial charge in [0.05, 0.1) is 6.61 Å². The fourth-order valence-corrected chi connectivity index (χ4v) is 2.04. The van der Waals surface area contributed by atoms with E-state index in [4.69, 9.17) is 11.2 Å². The van der Waals surface area contributed by atoms with Gasteiger partial charge in [0, 0.05) is 6.42 Å². The maximum atomic E-state index is 10.1. The lowest BCUT2D eigenvalue weighted by Gasteiger charge is -2.07. The molecule has 1 rings (SSSR count). The molecule has 1 aromatic carbocycles. The van der Waals surface area contributed by atoms with Crippen molar-refractivity contribution in [1.29, 1.82) is 0 Å². The van der Waals surface area contributed by atoms with E-state index in [0.717, 1.165) is 37.2 Å². The van der Waals surface area contributed by atoms with Crippen molar-refractivity contribution in [3.05, 3.63) is 29.8 Å². The zero-order valence-corrected chi connectivity index (χ0v) is 12.6. The largest absolute Gasteiger partial charge is 0.494 e. The average Bonchev–Trinajstić information content (AvgIpc) is 2.52. The van der Waals surface area contributed by atoms with E-state index < -0.39 is 0 Å². The third kappa shape index (κ3) is 8.75. The molecule has 0 unspecified atom stereocenters. The SMILES string of the molecule is C#CCCCCCCCCOc1ccc(COC=O)cc1. The van der Waals surface area contributed by atoms with E-state index in [2.05, 4.69) is 10.7 Å². The molecule has 1 aromatic rings. The Kier molecular flexibility index (Phi) is 9.64. The molecule has 0 aromatic heterocycles. The molecule has 0 aliphatic rings. The summed E-state index contributed by atoms with van der Waals surface area (Å²) in [7, 11) is 0. The van der Waals surface area contributed by atoms with E-state index in [1.54, 1.807) is 0 Å². The summed E-state index contributed by atoms with van der Waals surface area (Å²) in [5.41, 5.74) is 0.960. The minimum atomic E-state index is 0.309. The van der Waals surface area contributed by atoms with Crippen LogP contribution in [0.3, 0.4) is 0 Å². The second-order valence-electron chi connectivity index (χ2n) is 4.98. The molecule has 0 bridgehead atoms. The van der Waals surface area contributed by atoms with E-state index in [0.29, 0.717) is 13.1 Å². The van der Waals surface area contributed by atoms with Crippen LogP contribution in [0.25, 0.3) is 0 Å². The highest BCUT2D eigenvalue weighted by atomic mass is 16.5. The highest BCUT2D eigenvalue weighted by Gasteiger charge is 1.97. The number of terminal acetylenes is 1. The smallest absolute Gasteiger partial charge is 0.293 e. The molecule has 3 heteroatoms. The molecular weight excluding hydrogens is 264 g/mol. The summed E-state index contributed by atoms with van der Waals surface area (Å²) in [5, 5.41) is 0. The summed E-state index contributed by atoms with van der Waals surface area (Å²) in [6, 6.07) is 7.63. The number of hydrogen-bond donors (Lipinski definition) is 0. The van der Waals surface area contributed by atoms with Crippen molar-refractivity contribution in [1.82, 2.24) is 0 Å². The van der Waals surface area contributed by atoms with Gasteiger partial charge in [-0.25, -0.2) is 0 Å². The van der Waals surface area contributed by atoms with Crippen LogP contribution in [0.4, 0.5) is 0 Å². The second kappa shape index (κ2) is 11.8. The molecule has 0 radical (unpaired) electrons. The van der Waals surface area contributed by atoms with Gasteiger partial charge in [-0.1, -0.05) is 37.8 Å². The fourth-order valence-electron chi connectivity index (χ4n) is 2.04. The number of hydrogen-bond acceptors (Lipinski definition) is 3. The van der Waals surface area contributed by atoms with E-state index in [-0.39, 0.29) is 0 Å². The molecule has 114 valence electrons. The maximum Gasteiger partial charge on any atom is 0.293 e. The molecule has 0 fully saturated rings. The normalized spacial score (nSPS) is 9.86. The number of benzene rings is 1. The Morgan fingerprint density at radius 2 is 1.67 bits per heavy atom. The van der Waals surface area contributed by atoms with Crippen LogP contribution in [0.5, 0.6) is 5.75 Å². The van der Waals surface area contributed by atoms with Gasteiger partial charge in [0.2, 0.25) is 0 Å². The summed E-state index contributed by atoms with van der Waals surface area (Å²) >= 11 is 0. The van der Waals surface area contributed by atoms with Gasteiger partial charge in [0.1, 0.15) is 12.4 Å². The summed E-state index contributed by atoms with van der Waals surface area (Å²) in [4.78, 5) is 10.1. The Hall–Kier alpha value is -1.95. The van der Waals surface area contributed by atoms with Crippen LogP contribution in [-0.2, 0) is 16.1 Å². The van der Waals surface area contributed by atoms with Crippen LogP contribution in [0.1, 0.15) is 50.5 Å². The van der Waals surface area contributed by atoms with Crippen LogP contribution in [0.2, 0.25) is 0 Å². The minimum Gasteiger partial charge on any atom is -0.494 e. The van der Waals surface area contributed by atoms with Crippen LogP contribution in [-0.4, -0.2) is 13.1 Å². The van der Waals surface area contributed by atoms with Crippen molar-refractivity contribution in [3.63, 3.8) is 0 Å². The number of ether oxygens (including phenoxy) is 2. The summed E-state index contributed by atoms with van der Waals surface area (Å²) in [6.07, 6.45) is 13.3. The van der Waals surface area contributed by atoms with Crippen molar-refractivity contribution < 1.29 is 14.3 Å². The van der Waals surface area contributed by atoms with Gasteiger partial charge in [0.15, 0.2) is 0 Å². The zero-order valence-electron chi connectivity index (χ0n) is 12.6. The quantitative estimate of drug-likeness (QED) is 0.330. The van der Waals surface area contributed by atoms with E-state index in [1.807, 2.05) is 24.3 Å². The summed E-state index contributed by atoms with van der Waals surface area (Å²) in [6.45, 7) is 1.51. The standard InChI is InChI=1S/C18H24O3/c1-2-3-4-5-6-7-8-9-14-21-18-12-10-17(11-13-18)15-20-16-19/h1,10-13,16H,3-9,14-15H2. The molecule has 0 atom stereocenters. The van der Waals surface area contributed by atoms with Crippen LogP contribution < -0.4 is 4.74 Å². The number of unbranched alkanes of at least 4 members (excludes halogenated alkanes) is 6. The van der Waals surface area contributed by atoms with Gasteiger partial charge >= 0.3 is 0 Å². The fraction of sp³-hybridized carbons (Fsp3) is 0.500. The van der Waals surface area contributed by atoms with Gasteiger partial charge in [-0.05, 0) is 30.5 Å². The van der Waals surface area contributed by atoms with E-state index in [1.165, 1.54) is 25.7 Å². The van der Waals surface area contributed by atoms with Crippen molar-refractivity contribution >= 4 is 6.47 Å². The minimum absolute atomic E-state index is 0.309. The van der Waals surface area contributed by atoms with Crippen LogP contribution in [0.15, 0.2) is 24.3 Å². The van der Waals surface area contributed by atoms with Gasteiger partial charge in [0.25, 0.3) is 6.47 Å². The Labute approximate surface area is 127 Å².